The summed E-state index contributed by atoms with van der Waals surface area (Å²) in [4.78, 5) is 10.9. The lowest BCUT2D eigenvalue weighted by Crippen LogP contribution is -2.35. The molecule has 7 heteroatoms. The van der Waals surface area contributed by atoms with Crippen LogP contribution >= 0.6 is 0 Å². The number of cyclic esters (lactones) is 1. The van der Waals surface area contributed by atoms with E-state index in [2.05, 4.69) is 41.7 Å². The number of aromatic nitrogens is 3. The number of carbonyl (C=O) groups is 1. The lowest BCUT2D eigenvalue weighted by atomic mass is 10.1. The van der Waals surface area contributed by atoms with Crippen LogP contribution in [0.1, 0.15) is 26.5 Å². The average Bonchev–Trinajstić information content (AvgIpc) is 2.85. The zero-order chi connectivity index (χ0) is 13.2. The minimum Gasteiger partial charge on any atom is -0.442 e. The fourth-order valence-corrected chi connectivity index (χ4v) is 1.61. The number of carbonyl (C=O) groups excluding carboxylic acids is 1. The van der Waals surface area contributed by atoms with Crippen LogP contribution in [0.2, 0.25) is 0 Å². The van der Waals surface area contributed by atoms with E-state index in [9.17, 15) is 4.79 Å². The van der Waals surface area contributed by atoms with Crippen molar-refractivity contribution in [2.24, 2.45) is 0 Å². The Morgan fingerprint density at radius 2 is 2.39 bits per heavy atom. The standard InChI is InChI=1S/C11H19N5O2/c1-11(2,3)13-4-8-6-16(15-14-8)7-9-5-12-10(17)18-9/h6,9,13H,4-5,7H2,1-3H3,(H,12,17). The zero-order valence-electron chi connectivity index (χ0n) is 10.9. The first kappa shape index (κ1) is 12.8. The van der Waals surface area contributed by atoms with Crippen molar-refractivity contribution in [2.45, 2.75) is 45.5 Å². The molecule has 0 radical (unpaired) electrons. The monoisotopic (exact) mass is 253 g/mol. The Hall–Kier alpha value is -1.63. The molecule has 1 unspecified atom stereocenters. The van der Waals surface area contributed by atoms with E-state index in [1.807, 2.05) is 6.20 Å². The summed E-state index contributed by atoms with van der Waals surface area (Å²) in [6, 6.07) is 0. The van der Waals surface area contributed by atoms with Crippen LogP contribution in [0.15, 0.2) is 6.20 Å². The lowest BCUT2D eigenvalue weighted by Gasteiger charge is -2.19. The van der Waals surface area contributed by atoms with Crippen molar-refractivity contribution in [1.82, 2.24) is 25.6 Å². The number of hydrogen-bond acceptors (Lipinski definition) is 5. The van der Waals surface area contributed by atoms with Gasteiger partial charge in [0.15, 0.2) is 0 Å². The van der Waals surface area contributed by atoms with Gasteiger partial charge in [-0.25, -0.2) is 9.48 Å². The number of alkyl carbamates (subject to hydrolysis) is 1. The first-order valence-electron chi connectivity index (χ1n) is 6.01. The van der Waals surface area contributed by atoms with Crippen molar-refractivity contribution < 1.29 is 9.53 Å². The summed E-state index contributed by atoms with van der Waals surface area (Å²) in [5.74, 6) is 0. The summed E-state index contributed by atoms with van der Waals surface area (Å²) in [5, 5.41) is 14.0. The van der Waals surface area contributed by atoms with E-state index in [0.717, 1.165) is 5.69 Å². The van der Waals surface area contributed by atoms with Gasteiger partial charge in [0.25, 0.3) is 0 Å². The van der Waals surface area contributed by atoms with Gasteiger partial charge in [-0.05, 0) is 20.8 Å². The lowest BCUT2D eigenvalue weighted by molar-refractivity contribution is 0.128. The molecule has 2 rings (SSSR count). The van der Waals surface area contributed by atoms with E-state index >= 15 is 0 Å². The predicted octanol–water partition coefficient (Wildman–Crippen LogP) is 0.275. The molecule has 1 aromatic heterocycles. The summed E-state index contributed by atoms with van der Waals surface area (Å²) in [7, 11) is 0. The van der Waals surface area contributed by atoms with Crippen LogP contribution in [0.5, 0.6) is 0 Å². The van der Waals surface area contributed by atoms with E-state index in [4.69, 9.17) is 4.74 Å². The van der Waals surface area contributed by atoms with E-state index in [0.29, 0.717) is 19.6 Å². The van der Waals surface area contributed by atoms with E-state index in [-0.39, 0.29) is 17.7 Å². The largest absolute Gasteiger partial charge is 0.442 e. The van der Waals surface area contributed by atoms with Gasteiger partial charge in [-0.2, -0.15) is 0 Å². The van der Waals surface area contributed by atoms with Crippen molar-refractivity contribution in [3.05, 3.63) is 11.9 Å². The van der Waals surface area contributed by atoms with E-state index in [1.165, 1.54) is 0 Å². The maximum absolute atomic E-state index is 10.9. The van der Waals surface area contributed by atoms with E-state index in [1.54, 1.807) is 4.68 Å². The van der Waals surface area contributed by atoms with Gasteiger partial charge in [-0.1, -0.05) is 5.21 Å². The Morgan fingerprint density at radius 1 is 1.61 bits per heavy atom. The molecule has 0 bridgehead atoms. The molecule has 0 aliphatic carbocycles. The van der Waals surface area contributed by atoms with Gasteiger partial charge in [0.1, 0.15) is 6.10 Å². The Kier molecular flexibility index (Phi) is 3.51. The van der Waals surface area contributed by atoms with E-state index < -0.39 is 0 Å². The van der Waals surface area contributed by atoms with Crippen LogP contribution in [0.4, 0.5) is 4.79 Å². The second kappa shape index (κ2) is 4.93. The number of nitrogens with one attached hydrogen (secondary N) is 2. The second-order valence-electron chi connectivity index (χ2n) is 5.44. The highest BCUT2D eigenvalue weighted by molar-refractivity contribution is 5.69. The topological polar surface area (TPSA) is 81.1 Å². The van der Waals surface area contributed by atoms with Crippen molar-refractivity contribution in [3.8, 4) is 0 Å². The highest BCUT2D eigenvalue weighted by Gasteiger charge is 2.23. The fraction of sp³-hybridized carbons (Fsp3) is 0.727. The van der Waals surface area contributed by atoms with Gasteiger partial charge in [0.05, 0.1) is 18.8 Å². The minimum absolute atomic E-state index is 0.0503. The highest BCUT2D eigenvalue weighted by Crippen LogP contribution is 2.05. The Labute approximate surface area is 106 Å². The molecule has 1 aliphatic rings. The molecule has 0 aromatic carbocycles. The highest BCUT2D eigenvalue weighted by atomic mass is 16.6. The van der Waals surface area contributed by atoms with Crippen LogP contribution in [0.3, 0.4) is 0 Å². The molecular formula is C11H19N5O2. The second-order valence-corrected chi connectivity index (χ2v) is 5.44. The van der Waals surface area contributed by atoms with Crippen molar-refractivity contribution in [3.63, 3.8) is 0 Å². The molecule has 1 aromatic rings. The first-order chi connectivity index (χ1) is 8.42. The maximum Gasteiger partial charge on any atom is 0.407 e. The quantitative estimate of drug-likeness (QED) is 0.805. The van der Waals surface area contributed by atoms with Gasteiger partial charge in [-0.3, -0.25) is 0 Å². The third-order valence-corrected chi connectivity index (χ3v) is 2.52. The zero-order valence-corrected chi connectivity index (χ0v) is 10.9. The molecule has 0 saturated carbocycles. The van der Waals surface area contributed by atoms with Crippen LogP contribution in [0, 0.1) is 0 Å². The molecule has 0 spiro atoms. The van der Waals surface area contributed by atoms with Crippen molar-refractivity contribution in [2.75, 3.05) is 6.54 Å². The number of ether oxygens (including phenoxy) is 1. The summed E-state index contributed by atoms with van der Waals surface area (Å²) in [6.45, 7) is 8.02. The predicted molar refractivity (Wildman–Crippen MR) is 64.9 cm³/mol. The molecule has 1 saturated heterocycles. The summed E-state index contributed by atoms with van der Waals surface area (Å²) in [5.41, 5.74) is 0.927. The van der Waals surface area contributed by atoms with Gasteiger partial charge < -0.3 is 15.4 Å². The Balaban J connectivity index is 1.84. The maximum atomic E-state index is 10.9. The minimum atomic E-state index is -0.366. The molecule has 2 heterocycles. The Morgan fingerprint density at radius 3 is 3.00 bits per heavy atom. The van der Waals surface area contributed by atoms with Crippen LogP contribution in [0.25, 0.3) is 0 Å². The van der Waals surface area contributed by atoms with Crippen LogP contribution < -0.4 is 10.6 Å². The molecule has 18 heavy (non-hydrogen) atoms. The van der Waals surface area contributed by atoms with Gasteiger partial charge in [0.2, 0.25) is 0 Å². The molecule has 1 fully saturated rings. The SMILES string of the molecule is CC(C)(C)NCc1cn(CC2CNC(=O)O2)nn1. The smallest absolute Gasteiger partial charge is 0.407 e. The molecular weight excluding hydrogens is 234 g/mol. The summed E-state index contributed by atoms with van der Waals surface area (Å²) in [6.07, 6.45) is 1.34. The third-order valence-electron chi connectivity index (χ3n) is 2.52. The summed E-state index contributed by atoms with van der Waals surface area (Å²) < 4.78 is 6.73. The normalized spacial score (nSPS) is 19.7. The first-order valence-corrected chi connectivity index (χ1v) is 6.01. The fourth-order valence-electron chi connectivity index (χ4n) is 1.61. The van der Waals surface area contributed by atoms with Gasteiger partial charge >= 0.3 is 6.09 Å². The van der Waals surface area contributed by atoms with Crippen molar-refractivity contribution in [1.29, 1.82) is 0 Å². The molecule has 1 aliphatic heterocycles. The van der Waals surface area contributed by atoms with Crippen molar-refractivity contribution >= 4 is 6.09 Å². The molecule has 1 amide bonds. The summed E-state index contributed by atoms with van der Waals surface area (Å²) >= 11 is 0. The number of nitrogens with zero attached hydrogens (tertiary/aromatic N) is 3. The third kappa shape index (κ3) is 3.69. The van der Waals surface area contributed by atoms with Crippen LogP contribution in [-0.4, -0.2) is 39.3 Å². The number of hydrogen-bond donors (Lipinski definition) is 2. The molecule has 100 valence electrons. The average molecular weight is 253 g/mol. The molecule has 1 atom stereocenters. The molecule has 2 N–H and O–H groups in total. The number of amides is 1. The van der Waals surface area contributed by atoms with Gasteiger partial charge in [0, 0.05) is 18.3 Å². The molecule has 7 nitrogen and oxygen atoms in total. The number of rotatable bonds is 4. The van der Waals surface area contributed by atoms with Crippen LogP contribution in [-0.2, 0) is 17.8 Å². The Bertz CT molecular complexity index is 423. The van der Waals surface area contributed by atoms with Gasteiger partial charge in [-0.15, -0.1) is 5.10 Å².